The second-order valence-corrected chi connectivity index (χ2v) is 6.98. The van der Waals surface area contributed by atoms with E-state index in [0.29, 0.717) is 17.7 Å². The van der Waals surface area contributed by atoms with Crippen LogP contribution in [0.5, 0.6) is 0 Å². The normalized spacial score (nSPS) is 18.2. The minimum Gasteiger partial charge on any atom is -0.366 e. The Bertz CT molecular complexity index is 851. The van der Waals surface area contributed by atoms with Gasteiger partial charge in [-0.2, -0.15) is 13.2 Å². The molecule has 3 rings (SSSR count). The monoisotopic (exact) mass is 391 g/mol. The summed E-state index contributed by atoms with van der Waals surface area (Å²) in [6.45, 7) is 4.35. The van der Waals surface area contributed by atoms with Gasteiger partial charge in [0, 0.05) is 37.8 Å². The van der Waals surface area contributed by atoms with E-state index in [4.69, 9.17) is 5.73 Å². The fraction of sp³-hybridized carbons (Fsp3) is 0.381. The van der Waals surface area contributed by atoms with Gasteiger partial charge in [-0.05, 0) is 35.2 Å². The molecule has 4 nitrogen and oxygen atoms in total. The van der Waals surface area contributed by atoms with Gasteiger partial charge in [-0.3, -0.25) is 9.69 Å². The number of halogens is 3. The van der Waals surface area contributed by atoms with Crippen LogP contribution in [0.25, 0.3) is 11.1 Å². The van der Waals surface area contributed by atoms with Crippen LogP contribution in [-0.2, 0) is 12.7 Å². The molecule has 1 atom stereocenters. The summed E-state index contributed by atoms with van der Waals surface area (Å²) in [6, 6.07) is 10.8. The molecule has 0 spiro atoms. The quantitative estimate of drug-likeness (QED) is 0.818. The average molecular weight is 391 g/mol. The minimum atomic E-state index is -4.48. The highest BCUT2D eigenvalue weighted by Crippen LogP contribution is 2.38. The van der Waals surface area contributed by atoms with Crippen molar-refractivity contribution in [3.05, 3.63) is 59.2 Å². The molecule has 0 saturated carbocycles. The van der Waals surface area contributed by atoms with Crippen LogP contribution in [0.4, 0.5) is 13.2 Å². The van der Waals surface area contributed by atoms with Gasteiger partial charge in [0.1, 0.15) is 0 Å². The summed E-state index contributed by atoms with van der Waals surface area (Å²) in [5.74, 6) is -0.660. The molecule has 28 heavy (non-hydrogen) atoms. The lowest BCUT2D eigenvalue weighted by molar-refractivity contribution is -0.138. The van der Waals surface area contributed by atoms with E-state index >= 15 is 0 Å². The zero-order valence-electron chi connectivity index (χ0n) is 15.7. The number of nitrogens with two attached hydrogens (primary N) is 1. The zero-order chi connectivity index (χ0) is 20.3. The van der Waals surface area contributed by atoms with Crippen LogP contribution in [0, 0.1) is 0 Å². The summed E-state index contributed by atoms with van der Waals surface area (Å²) >= 11 is 0. The average Bonchev–Trinajstić information content (AvgIpc) is 2.67. The van der Waals surface area contributed by atoms with Gasteiger partial charge in [0.25, 0.3) is 0 Å². The van der Waals surface area contributed by atoms with E-state index in [0.717, 1.165) is 25.6 Å². The molecule has 0 bridgehead atoms. The number of amides is 1. The first-order valence-electron chi connectivity index (χ1n) is 9.36. The second-order valence-electron chi connectivity index (χ2n) is 6.98. The maximum atomic E-state index is 13.8. The molecule has 0 aromatic heterocycles. The maximum Gasteiger partial charge on any atom is 0.416 e. The van der Waals surface area contributed by atoms with E-state index in [1.807, 2.05) is 6.92 Å². The number of alkyl halides is 3. The number of primary amides is 1. The van der Waals surface area contributed by atoms with Crippen LogP contribution in [0.15, 0.2) is 42.5 Å². The van der Waals surface area contributed by atoms with Crippen molar-refractivity contribution in [1.29, 1.82) is 0 Å². The Morgan fingerprint density at radius 2 is 1.89 bits per heavy atom. The van der Waals surface area contributed by atoms with E-state index in [9.17, 15) is 18.0 Å². The van der Waals surface area contributed by atoms with Gasteiger partial charge in [-0.1, -0.05) is 37.3 Å². The molecule has 1 saturated heterocycles. The molecule has 1 amide bonds. The van der Waals surface area contributed by atoms with Gasteiger partial charge in [-0.15, -0.1) is 0 Å². The standard InChI is InChI=1S/C21H24F3N3O/c1-2-14-12-26-10-11-27(14)13-18-16(8-5-9-19(18)21(22,23)24)15-6-3-4-7-17(15)20(25)28/h3-9,14,26H,2,10-13H2,1H3,(H2,25,28). The highest BCUT2D eigenvalue weighted by Gasteiger charge is 2.35. The van der Waals surface area contributed by atoms with Gasteiger partial charge in [0.05, 0.1) is 5.56 Å². The highest BCUT2D eigenvalue weighted by atomic mass is 19.4. The first-order valence-corrected chi connectivity index (χ1v) is 9.36. The molecule has 0 aliphatic carbocycles. The van der Waals surface area contributed by atoms with E-state index < -0.39 is 17.6 Å². The van der Waals surface area contributed by atoms with Gasteiger partial charge >= 0.3 is 6.18 Å². The van der Waals surface area contributed by atoms with Crippen LogP contribution in [0.3, 0.4) is 0 Å². The van der Waals surface area contributed by atoms with Crippen LogP contribution in [0.2, 0.25) is 0 Å². The third-order valence-corrected chi connectivity index (χ3v) is 5.27. The van der Waals surface area contributed by atoms with E-state index in [1.165, 1.54) is 6.07 Å². The van der Waals surface area contributed by atoms with Crippen molar-refractivity contribution in [2.45, 2.75) is 32.1 Å². The molecular formula is C21H24F3N3O. The number of rotatable bonds is 5. The lowest BCUT2D eigenvalue weighted by Crippen LogP contribution is -2.50. The Kier molecular flexibility index (Phi) is 6.05. The Balaban J connectivity index is 2.15. The Hall–Kier alpha value is -2.38. The van der Waals surface area contributed by atoms with Gasteiger partial charge in [-0.25, -0.2) is 0 Å². The molecule has 2 aromatic rings. The second kappa shape index (κ2) is 8.32. The first-order chi connectivity index (χ1) is 13.3. The van der Waals surface area contributed by atoms with Crippen molar-refractivity contribution in [3.63, 3.8) is 0 Å². The summed E-state index contributed by atoms with van der Waals surface area (Å²) in [6.07, 6.45) is -3.64. The third-order valence-electron chi connectivity index (χ3n) is 5.27. The molecule has 150 valence electrons. The molecule has 1 fully saturated rings. The van der Waals surface area contributed by atoms with Gasteiger partial charge < -0.3 is 11.1 Å². The molecular weight excluding hydrogens is 367 g/mol. The summed E-state index contributed by atoms with van der Waals surface area (Å²) < 4.78 is 41.4. The summed E-state index contributed by atoms with van der Waals surface area (Å²) in [4.78, 5) is 13.9. The lowest BCUT2D eigenvalue weighted by Gasteiger charge is -2.36. The van der Waals surface area contributed by atoms with Crippen LogP contribution < -0.4 is 11.1 Å². The Morgan fingerprint density at radius 1 is 1.18 bits per heavy atom. The topological polar surface area (TPSA) is 58.4 Å². The summed E-state index contributed by atoms with van der Waals surface area (Å²) in [5, 5.41) is 3.29. The zero-order valence-corrected chi connectivity index (χ0v) is 15.7. The summed E-state index contributed by atoms with van der Waals surface area (Å²) in [5.41, 5.74) is 6.04. The largest absolute Gasteiger partial charge is 0.416 e. The molecule has 1 unspecified atom stereocenters. The minimum absolute atomic E-state index is 0.161. The lowest BCUT2D eigenvalue weighted by atomic mass is 9.91. The number of benzene rings is 2. The van der Waals surface area contributed by atoms with Crippen molar-refractivity contribution in [1.82, 2.24) is 10.2 Å². The number of hydrogen-bond acceptors (Lipinski definition) is 3. The van der Waals surface area contributed by atoms with Crippen molar-refractivity contribution >= 4 is 5.91 Å². The predicted octanol–water partition coefficient (Wildman–Crippen LogP) is 3.66. The maximum absolute atomic E-state index is 13.8. The molecule has 1 heterocycles. The number of hydrogen-bond donors (Lipinski definition) is 2. The Labute approximate surface area is 162 Å². The molecule has 7 heteroatoms. The van der Waals surface area contributed by atoms with Crippen molar-refractivity contribution in [2.24, 2.45) is 5.73 Å². The molecule has 3 N–H and O–H groups in total. The Morgan fingerprint density at radius 3 is 2.57 bits per heavy atom. The molecule has 2 aromatic carbocycles. The van der Waals surface area contributed by atoms with Crippen molar-refractivity contribution in [3.8, 4) is 11.1 Å². The van der Waals surface area contributed by atoms with Crippen LogP contribution in [-0.4, -0.2) is 36.5 Å². The molecule has 1 aliphatic heterocycles. The van der Waals surface area contributed by atoms with E-state index in [2.05, 4.69) is 10.2 Å². The number of carbonyl (C=O) groups is 1. The highest BCUT2D eigenvalue weighted by molar-refractivity contribution is 6.00. The van der Waals surface area contributed by atoms with Crippen LogP contribution >= 0.6 is 0 Å². The van der Waals surface area contributed by atoms with Crippen LogP contribution in [0.1, 0.15) is 34.8 Å². The first kappa shape index (κ1) is 20.4. The third kappa shape index (κ3) is 4.20. The number of carbonyl (C=O) groups excluding carboxylic acids is 1. The number of nitrogens with one attached hydrogen (secondary N) is 1. The predicted molar refractivity (Wildman–Crippen MR) is 103 cm³/mol. The SMILES string of the molecule is CCC1CNCCN1Cc1c(-c2ccccc2C(N)=O)cccc1C(F)(F)F. The fourth-order valence-corrected chi connectivity index (χ4v) is 3.82. The van der Waals surface area contributed by atoms with E-state index in [-0.39, 0.29) is 23.7 Å². The van der Waals surface area contributed by atoms with Crippen molar-refractivity contribution in [2.75, 3.05) is 19.6 Å². The van der Waals surface area contributed by atoms with Crippen molar-refractivity contribution < 1.29 is 18.0 Å². The summed E-state index contributed by atoms with van der Waals surface area (Å²) in [7, 11) is 0. The van der Waals surface area contributed by atoms with E-state index in [1.54, 1.807) is 30.3 Å². The van der Waals surface area contributed by atoms with Gasteiger partial charge in [0.2, 0.25) is 5.91 Å². The van der Waals surface area contributed by atoms with Gasteiger partial charge in [0.15, 0.2) is 0 Å². The smallest absolute Gasteiger partial charge is 0.366 e. The number of nitrogens with zero attached hydrogens (tertiary/aromatic N) is 1. The molecule has 1 aliphatic rings. The number of piperazine rings is 1. The fourth-order valence-electron chi connectivity index (χ4n) is 3.82. The molecule has 0 radical (unpaired) electrons.